The number of rotatable bonds is 3. The van der Waals surface area contributed by atoms with Crippen molar-refractivity contribution in [1.82, 2.24) is 10.3 Å². The average Bonchev–Trinajstić information content (AvgIpc) is 2.98. The summed E-state index contributed by atoms with van der Waals surface area (Å²) in [5.74, 6) is -0.277. The van der Waals surface area contributed by atoms with E-state index in [0.29, 0.717) is 11.9 Å². The van der Waals surface area contributed by atoms with Crippen LogP contribution in [0, 0.1) is 0 Å². The maximum atomic E-state index is 12.1. The van der Waals surface area contributed by atoms with Crippen molar-refractivity contribution in [3.8, 4) is 0 Å². The Morgan fingerprint density at radius 2 is 2.05 bits per heavy atom. The first-order chi connectivity index (χ1) is 9.74. The second-order valence-corrected chi connectivity index (χ2v) is 5.39. The van der Waals surface area contributed by atoms with E-state index in [9.17, 15) is 9.59 Å². The van der Waals surface area contributed by atoms with Gasteiger partial charge in [0.15, 0.2) is 0 Å². The van der Waals surface area contributed by atoms with E-state index >= 15 is 0 Å². The Morgan fingerprint density at radius 1 is 1.20 bits per heavy atom. The van der Waals surface area contributed by atoms with Gasteiger partial charge in [0.25, 0.3) is 11.5 Å². The second-order valence-electron chi connectivity index (χ2n) is 4.36. The molecule has 100 valence electrons. The zero-order valence-electron chi connectivity index (χ0n) is 10.6. The molecule has 4 nitrogen and oxygen atoms in total. The third-order valence-electron chi connectivity index (χ3n) is 3.00. The van der Waals surface area contributed by atoms with Crippen LogP contribution in [0.2, 0.25) is 0 Å². The van der Waals surface area contributed by atoms with Gasteiger partial charge in [-0.15, -0.1) is 11.3 Å². The van der Waals surface area contributed by atoms with E-state index in [4.69, 9.17) is 0 Å². The predicted molar refractivity (Wildman–Crippen MR) is 80.1 cm³/mol. The lowest BCUT2D eigenvalue weighted by Gasteiger charge is -2.05. The molecule has 0 aliphatic heterocycles. The Kier molecular flexibility index (Phi) is 3.35. The molecule has 0 atom stereocenters. The van der Waals surface area contributed by atoms with Gasteiger partial charge in [-0.2, -0.15) is 0 Å². The molecule has 1 aromatic carbocycles. The standard InChI is InChI=1S/C15H12N2O2S/c18-14-12-6-2-1-4-10(12)8-13(17-14)15(19)16-9-11-5-3-7-20-11/h1-8H,9H2,(H,16,19)(H,17,18). The normalized spacial score (nSPS) is 10.6. The molecule has 3 rings (SSSR count). The lowest BCUT2D eigenvalue weighted by Crippen LogP contribution is -2.25. The van der Waals surface area contributed by atoms with Crippen LogP contribution >= 0.6 is 11.3 Å². The summed E-state index contributed by atoms with van der Waals surface area (Å²) >= 11 is 1.58. The first-order valence-electron chi connectivity index (χ1n) is 6.17. The highest BCUT2D eigenvalue weighted by Crippen LogP contribution is 2.11. The van der Waals surface area contributed by atoms with Crippen LogP contribution in [0.5, 0.6) is 0 Å². The van der Waals surface area contributed by atoms with E-state index < -0.39 is 0 Å². The minimum Gasteiger partial charge on any atom is -0.346 e. The number of nitrogens with one attached hydrogen (secondary N) is 2. The van der Waals surface area contributed by atoms with Gasteiger partial charge in [-0.25, -0.2) is 0 Å². The highest BCUT2D eigenvalue weighted by atomic mass is 32.1. The Balaban J connectivity index is 1.86. The minimum atomic E-state index is -0.277. The summed E-state index contributed by atoms with van der Waals surface area (Å²) in [4.78, 5) is 27.6. The van der Waals surface area contributed by atoms with Crippen LogP contribution in [0.3, 0.4) is 0 Å². The molecule has 1 amide bonds. The first-order valence-corrected chi connectivity index (χ1v) is 7.04. The van der Waals surface area contributed by atoms with Gasteiger partial charge < -0.3 is 10.3 Å². The maximum absolute atomic E-state index is 12.1. The van der Waals surface area contributed by atoms with Gasteiger partial charge in [0.2, 0.25) is 0 Å². The van der Waals surface area contributed by atoms with Crippen molar-refractivity contribution in [2.45, 2.75) is 6.54 Å². The molecule has 0 unspecified atom stereocenters. The van der Waals surface area contributed by atoms with Crippen LogP contribution in [0.4, 0.5) is 0 Å². The lowest BCUT2D eigenvalue weighted by molar-refractivity contribution is 0.0946. The van der Waals surface area contributed by atoms with Crippen LogP contribution < -0.4 is 10.9 Å². The molecule has 20 heavy (non-hydrogen) atoms. The topological polar surface area (TPSA) is 62.0 Å². The van der Waals surface area contributed by atoms with Crippen molar-refractivity contribution in [2.75, 3.05) is 0 Å². The fourth-order valence-corrected chi connectivity index (χ4v) is 2.65. The number of amides is 1. The quantitative estimate of drug-likeness (QED) is 0.776. The Bertz CT molecular complexity index is 806. The van der Waals surface area contributed by atoms with E-state index in [1.807, 2.05) is 29.6 Å². The molecule has 0 spiro atoms. The van der Waals surface area contributed by atoms with Gasteiger partial charge in [0.05, 0.1) is 6.54 Å². The number of carbonyl (C=O) groups excluding carboxylic acids is 1. The third kappa shape index (κ3) is 2.48. The summed E-state index contributed by atoms with van der Waals surface area (Å²) < 4.78 is 0. The lowest BCUT2D eigenvalue weighted by atomic mass is 10.1. The summed E-state index contributed by atoms with van der Waals surface area (Å²) in [6, 6.07) is 12.8. The largest absolute Gasteiger partial charge is 0.346 e. The molecule has 0 fully saturated rings. The fourth-order valence-electron chi connectivity index (χ4n) is 2.01. The monoisotopic (exact) mass is 284 g/mol. The second kappa shape index (κ2) is 5.30. The van der Waals surface area contributed by atoms with Crippen molar-refractivity contribution in [3.63, 3.8) is 0 Å². The number of aromatic nitrogens is 1. The highest BCUT2D eigenvalue weighted by molar-refractivity contribution is 7.09. The van der Waals surface area contributed by atoms with Crippen molar-refractivity contribution in [2.24, 2.45) is 0 Å². The van der Waals surface area contributed by atoms with Gasteiger partial charge >= 0.3 is 0 Å². The van der Waals surface area contributed by atoms with Gasteiger partial charge in [-0.3, -0.25) is 9.59 Å². The molecule has 2 N–H and O–H groups in total. The van der Waals surface area contributed by atoms with Crippen LogP contribution in [0.25, 0.3) is 10.8 Å². The molecular formula is C15H12N2O2S. The first kappa shape index (κ1) is 12.6. The van der Waals surface area contributed by atoms with Gasteiger partial charge in [-0.05, 0) is 29.0 Å². The molecule has 0 bridgehead atoms. The van der Waals surface area contributed by atoms with E-state index in [1.165, 1.54) is 0 Å². The van der Waals surface area contributed by atoms with Crippen LogP contribution in [-0.4, -0.2) is 10.9 Å². The number of benzene rings is 1. The number of thiophene rings is 1. The highest BCUT2D eigenvalue weighted by Gasteiger charge is 2.09. The summed E-state index contributed by atoms with van der Waals surface area (Å²) in [5.41, 5.74) is 0.0367. The summed E-state index contributed by atoms with van der Waals surface area (Å²) in [5, 5.41) is 6.10. The number of carbonyl (C=O) groups is 1. The number of aromatic amines is 1. The summed E-state index contributed by atoms with van der Waals surface area (Å²) in [7, 11) is 0. The van der Waals surface area contributed by atoms with Crippen molar-refractivity contribution in [1.29, 1.82) is 0 Å². The fraction of sp³-hybridized carbons (Fsp3) is 0.0667. The Morgan fingerprint density at radius 3 is 2.85 bits per heavy atom. The molecule has 0 saturated heterocycles. The number of fused-ring (bicyclic) bond motifs is 1. The van der Waals surface area contributed by atoms with E-state index in [1.54, 1.807) is 29.5 Å². The smallest absolute Gasteiger partial charge is 0.268 e. The Hall–Kier alpha value is -2.40. The SMILES string of the molecule is O=C(NCc1cccs1)c1cc2ccccc2c(=O)[nH]1. The summed E-state index contributed by atoms with van der Waals surface area (Å²) in [6.45, 7) is 0.464. The molecular weight excluding hydrogens is 272 g/mol. The zero-order chi connectivity index (χ0) is 13.9. The van der Waals surface area contributed by atoms with Crippen molar-refractivity contribution < 1.29 is 4.79 Å². The van der Waals surface area contributed by atoms with Gasteiger partial charge in [-0.1, -0.05) is 24.3 Å². The average molecular weight is 284 g/mol. The molecule has 0 aliphatic rings. The van der Waals surface area contributed by atoms with Crippen molar-refractivity contribution >= 4 is 28.0 Å². The molecule has 2 heterocycles. The van der Waals surface area contributed by atoms with Crippen LogP contribution in [0.1, 0.15) is 15.4 Å². The van der Waals surface area contributed by atoms with E-state index in [2.05, 4.69) is 10.3 Å². The molecule has 0 aliphatic carbocycles. The Labute approximate surface area is 119 Å². The predicted octanol–water partition coefficient (Wildman–Crippen LogP) is 2.52. The molecule has 2 aromatic heterocycles. The van der Waals surface area contributed by atoms with Crippen molar-refractivity contribution in [3.05, 3.63) is 68.8 Å². The van der Waals surface area contributed by atoms with E-state index in [0.717, 1.165) is 10.3 Å². The molecule has 0 saturated carbocycles. The van der Waals surface area contributed by atoms with Crippen LogP contribution in [-0.2, 0) is 6.54 Å². The maximum Gasteiger partial charge on any atom is 0.268 e. The third-order valence-corrected chi connectivity index (χ3v) is 3.88. The number of hydrogen-bond donors (Lipinski definition) is 2. The van der Waals surface area contributed by atoms with Gasteiger partial charge in [0, 0.05) is 10.3 Å². The van der Waals surface area contributed by atoms with E-state index in [-0.39, 0.29) is 17.2 Å². The summed E-state index contributed by atoms with van der Waals surface area (Å²) in [6.07, 6.45) is 0. The molecule has 0 radical (unpaired) electrons. The van der Waals surface area contributed by atoms with Crippen LogP contribution in [0.15, 0.2) is 52.6 Å². The molecule has 3 aromatic rings. The molecule has 5 heteroatoms. The van der Waals surface area contributed by atoms with Gasteiger partial charge in [0.1, 0.15) is 5.69 Å². The number of H-pyrrole nitrogens is 1. The number of hydrogen-bond acceptors (Lipinski definition) is 3. The minimum absolute atomic E-state index is 0.246. The number of pyridine rings is 1. The zero-order valence-corrected chi connectivity index (χ0v) is 11.4.